The van der Waals surface area contributed by atoms with Crippen LogP contribution in [0.1, 0.15) is 0 Å². The Bertz CT molecular complexity index is 1020. The van der Waals surface area contributed by atoms with E-state index < -0.39 is 4.92 Å². The van der Waals surface area contributed by atoms with E-state index in [1.165, 1.54) is 6.07 Å². The monoisotopic (exact) mass is 292 g/mol. The summed E-state index contributed by atoms with van der Waals surface area (Å²) in [6.07, 6.45) is 1.70. The molecule has 0 aliphatic rings. The highest BCUT2D eigenvalue weighted by atomic mass is 16.6. The Kier molecular flexibility index (Phi) is 2.59. The van der Waals surface area contributed by atoms with E-state index in [4.69, 9.17) is 4.63 Å². The van der Waals surface area contributed by atoms with Gasteiger partial charge in [0.25, 0.3) is 0 Å². The van der Waals surface area contributed by atoms with E-state index >= 15 is 0 Å². The molecule has 2 heterocycles. The van der Waals surface area contributed by atoms with Crippen LogP contribution >= 0.6 is 0 Å². The molecule has 0 N–H and O–H groups in total. The first-order valence-electron chi connectivity index (χ1n) is 6.49. The third-order valence-corrected chi connectivity index (χ3v) is 3.51. The van der Waals surface area contributed by atoms with Gasteiger partial charge in [0.2, 0.25) is 5.52 Å². The van der Waals surface area contributed by atoms with Gasteiger partial charge in [0.05, 0.1) is 10.4 Å². The molecule has 106 valence electrons. The number of nitro groups is 1. The minimum Gasteiger partial charge on any atom is -0.258 e. The van der Waals surface area contributed by atoms with Crippen molar-refractivity contribution < 1.29 is 9.55 Å². The van der Waals surface area contributed by atoms with E-state index in [0.29, 0.717) is 11.1 Å². The van der Waals surface area contributed by atoms with Crippen molar-refractivity contribution in [3.8, 4) is 11.1 Å². The molecule has 0 fully saturated rings. The van der Waals surface area contributed by atoms with Crippen LogP contribution in [-0.4, -0.2) is 20.2 Å². The number of para-hydroxylation sites is 1. The molecular weight excluding hydrogens is 284 g/mol. The van der Waals surface area contributed by atoms with Crippen molar-refractivity contribution >= 4 is 27.6 Å². The van der Waals surface area contributed by atoms with Crippen LogP contribution in [0.15, 0.2) is 53.3 Å². The lowest BCUT2D eigenvalue weighted by Crippen LogP contribution is -1.91. The summed E-state index contributed by atoms with van der Waals surface area (Å²) in [6.45, 7) is 0. The molecule has 2 aromatic heterocycles. The first-order chi connectivity index (χ1) is 10.8. The maximum Gasteiger partial charge on any atom is 0.300 e. The molecule has 0 aliphatic heterocycles. The van der Waals surface area contributed by atoms with Gasteiger partial charge in [-0.3, -0.25) is 15.1 Å². The zero-order chi connectivity index (χ0) is 15.1. The van der Waals surface area contributed by atoms with Crippen molar-refractivity contribution in [3.63, 3.8) is 0 Å². The van der Waals surface area contributed by atoms with E-state index in [-0.39, 0.29) is 11.2 Å². The number of non-ortho nitro benzene ring substituents is 1. The van der Waals surface area contributed by atoms with Crippen LogP contribution in [0.2, 0.25) is 0 Å². The largest absolute Gasteiger partial charge is 0.300 e. The topological polar surface area (TPSA) is 95.0 Å². The standard InChI is InChI=1S/C15H8N4O3/c20-19(21)12-7-6-11(14-15(12)18-22-17-14)10-5-1-3-9-4-2-8-16-13(9)10/h1-8H. The van der Waals surface area contributed by atoms with E-state index in [1.807, 2.05) is 30.3 Å². The summed E-state index contributed by atoms with van der Waals surface area (Å²) in [5.74, 6) is 0. The molecule has 0 saturated heterocycles. The Hall–Kier alpha value is -3.35. The number of nitro benzene ring substituents is 1. The second kappa shape index (κ2) is 4.59. The van der Waals surface area contributed by atoms with Crippen molar-refractivity contribution in [1.82, 2.24) is 15.3 Å². The fraction of sp³-hybridized carbons (Fsp3) is 0. The third kappa shape index (κ3) is 1.72. The summed E-state index contributed by atoms with van der Waals surface area (Å²) in [7, 11) is 0. The lowest BCUT2D eigenvalue weighted by Gasteiger charge is -2.05. The minimum atomic E-state index is -0.502. The van der Waals surface area contributed by atoms with Crippen LogP contribution in [0.3, 0.4) is 0 Å². The van der Waals surface area contributed by atoms with Gasteiger partial charge in [0.1, 0.15) is 5.52 Å². The summed E-state index contributed by atoms with van der Waals surface area (Å²) in [5, 5.41) is 19.5. The average Bonchev–Trinajstić information content (AvgIpc) is 3.03. The fourth-order valence-corrected chi connectivity index (χ4v) is 2.54. The quantitative estimate of drug-likeness (QED) is 0.415. The number of pyridine rings is 1. The van der Waals surface area contributed by atoms with Gasteiger partial charge in [-0.25, -0.2) is 4.63 Å². The smallest absolute Gasteiger partial charge is 0.258 e. The Morgan fingerprint density at radius 2 is 1.68 bits per heavy atom. The number of rotatable bonds is 2. The van der Waals surface area contributed by atoms with Crippen molar-refractivity contribution in [2.24, 2.45) is 0 Å². The summed E-state index contributed by atoms with van der Waals surface area (Å²) >= 11 is 0. The Morgan fingerprint density at radius 3 is 2.55 bits per heavy atom. The molecule has 7 heteroatoms. The number of fused-ring (bicyclic) bond motifs is 2. The van der Waals surface area contributed by atoms with E-state index in [0.717, 1.165) is 16.5 Å². The maximum absolute atomic E-state index is 11.1. The van der Waals surface area contributed by atoms with Gasteiger partial charge in [0.15, 0.2) is 0 Å². The molecule has 4 aromatic rings. The summed E-state index contributed by atoms with van der Waals surface area (Å²) in [4.78, 5) is 14.9. The van der Waals surface area contributed by atoms with Crippen molar-refractivity contribution in [3.05, 3.63) is 58.8 Å². The molecule has 2 aromatic carbocycles. The number of benzene rings is 2. The first kappa shape index (κ1) is 12.4. The van der Waals surface area contributed by atoms with Crippen LogP contribution in [0, 0.1) is 10.1 Å². The van der Waals surface area contributed by atoms with Crippen LogP contribution in [0.4, 0.5) is 5.69 Å². The van der Waals surface area contributed by atoms with Gasteiger partial charge in [-0.2, -0.15) is 0 Å². The lowest BCUT2D eigenvalue weighted by molar-refractivity contribution is -0.383. The van der Waals surface area contributed by atoms with Gasteiger partial charge in [0, 0.05) is 28.8 Å². The van der Waals surface area contributed by atoms with Gasteiger partial charge >= 0.3 is 5.69 Å². The van der Waals surface area contributed by atoms with Gasteiger partial charge < -0.3 is 0 Å². The number of aromatic nitrogens is 3. The highest BCUT2D eigenvalue weighted by Crippen LogP contribution is 2.34. The molecule has 4 rings (SSSR count). The predicted molar refractivity (Wildman–Crippen MR) is 79.2 cm³/mol. The Balaban J connectivity index is 2.08. The Labute approximate surface area is 123 Å². The lowest BCUT2D eigenvalue weighted by atomic mass is 10.0. The van der Waals surface area contributed by atoms with Gasteiger partial charge in [-0.1, -0.05) is 24.3 Å². The van der Waals surface area contributed by atoms with Gasteiger partial charge in [-0.05, 0) is 22.4 Å². The molecule has 0 aliphatic carbocycles. The zero-order valence-electron chi connectivity index (χ0n) is 11.1. The molecule has 0 unspecified atom stereocenters. The van der Waals surface area contributed by atoms with Crippen molar-refractivity contribution in [2.45, 2.75) is 0 Å². The summed E-state index contributed by atoms with van der Waals surface area (Å²) in [6, 6.07) is 12.6. The second-order valence-electron chi connectivity index (χ2n) is 4.73. The predicted octanol–water partition coefficient (Wildman–Crippen LogP) is 3.35. The fourth-order valence-electron chi connectivity index (χ4n) is 2.54. The molecule has 0 atom stereocenters. The molecular formula is C15H8N4O3. The normalized spacial score (nSPS) is 11.1. The first-order valence-corrected chi connectivity index (χ1v) is 6.49. The minimum absolute atomic E-state index is 0.131. The molecule has 0 spiro atoms. The molecule has 0 amide bonds. The SMILES string of the molecule is O=[N+]([O-])c1ccc(-c2cccc3cccnc23)c2nonc12. The average molecular weight is 292 g/mol. The number of hydrogen-bond acceptors (Lipinski definition) is 6. The molecule has 0 bridgehead atoms. The highest BCUT2D eigenvalue weighted by Gasteiger charge is 2.21. The summed E-state index contributed by atoms with van der Waals surface area (Å²) < 4.78 is 4.71. The molecule has 22 heavy (non-hydrogen) atoms. The van der Waals surface area contributed by atoms with Crippen LogP contribution in [-0.2, 0) is 0 Å². The highest BCUT2D eigenvalue weighted by molar-refractivity contribution is 6.03. The Morgan fingerprint density at radius 1 is 0.909 bits per heavy atom. The van der Waals surface area contributed by atoms with E-state index in [1.54, 1.807) is 12.3 Å². The molecule has 0 radical (unpaired) electrons. The van der Waals surface area contributed by atoms with E-state index in [2.05, 4.69) is 15.3 Å². The number of hydrogen-bond donors (Lipinski definition) is 0. The van der Waals surface area contributed by atoms with Crippen LogP contribution in [0.5, 0.6) is 0 Å². The molecule has 7 nitrogen and oxygen atoms in total. The zero-order valence-corrected chi connectivity index (χ0v) is 11.1. The maximum atomic E-state index is 11.1. The van der Waals surface area contributed by atoms with Crippen molar-refractivity contribution in [2.75, 3.05) is 0 Å². The van der Waals surface area contributed by atoms with Gasteiger partial charge in [-0.15, -0.1) is 0 Å². The third-order valence-electron chi connectivity index (χ3n) is 3.51. The van der Waals surface area contributed by atoms with Crippen LogP contribution < -0.4 is 0 Å². The molecule has 0 saturated carbocycles. The number of nitrogens with zero attached hydrogens (tertiary/aromatic N) is 4. The van der Waals surface area contributed by atoms with Crippen molar-refractivity contribution in [1.29, 1.82) is 0 Å². The van der Waals surface area contributed by atoms with Crippen LogP contribution in [0.25, 0.3) is 33.1 Å². The second-order valence-corrected chi connectivity index (χ2v) is 4.73. The summed E-state index contributed by atoms with van der Waals surface area (Å²) in [5.41, 5.74) is 2.68. The van der Waals surface area contributed by atoms with E-state index in [9.17, 15) is 10.1 Å².